The number of halogens is 2. The highest BCUT2D eigenvalue weighted by atomic mass is 32.2. The van der Waals surface area contributed by atoms with Crippen LogP contribution >= 0.6 is 11.8 Å². The number of hydrogen-bond donors (Lipinski definition) is 3. The van der Waals surface area contributed by atoms with Crippen molar-refractivity contribution in [3.8, 4) is 17.0 Å². The van der Waals surface area contributed by atoms with E-state index < -0.39 is 12.5 Å². The quantitative estimate of drug-likeness (QED) is 0.249. The molecule has 11 nitrogen and oxygen atoms in total. The molecule has 1 saturated heterocycles. The summed E-state index contributed by atoms with van der Waals surface area (Å²) in [6.45, 7) is -0.785. The number of hydrogen-bond acceptors (Lipinski definition) is 9. The van der Waals surface area contributed by atoms with Gasteiger partial charge in [0.15, 0.2) is 5.65 Å². The topological polar surface area (TPSA) is 128 Å². The number of aromatic nitrogens is 5. The highest BCUT2D eigenvalue weighted by Gasteiger charge is 2.27. The molecule has 0 unspecified atom stereocenters. The van der Waals surface area contributed by atoms with Crippen LogP contribution in [-0.2, 0) is 11.3 Å². The maximum atomic E-state index is 13.4. The molecule has 1 aliphatic heterocycles. The second-order valence-corrected chi connectivity index (χ2v) is 11.0. The van der Waals surface area contributed by atoms with Gasteiger partial charge in [-0.3, -0.25) is 9.48 Å². The fraction of sp³-hybridized carbons (Fsp3) is 0.385. The molecule has 14 heteroatoms. The summed E-state index contributed by atoms with van der Waals surface area (Å²) in [5, 5.41) is 24.9. The number of ether oxygens (including phenoxy) is 2. The van der Waals surface area contributed by atoms with Crippen LogP contribution in [-0.4, -0.2) is 79.2 Å². The molecule has 40 heavy (non-hydrogen) atoms. The normalized spacial score (nSPS) is 19.0. The molecule has 210 valence electrons. The molecule has 0 bridgehead atoms. The lowest BCUT2D eigenvalue weighted by molar-refractivity contribution is -0.0495. The zero-order chi connectivity index (χ0) is 27.6. The lowest BCUT2D eigenvalue weighted by Gasteiger charge is -2.32. The van der Waals surface area contributed by atoms with E-state index in [4.69, 9.17) is 9.47 Å². The molecule has 1 aromatic carbocycles. The molecule has 1 aliphatic carbocycles. The predicted octanol–water partition coefficient (Wildman–Crippen LogP) is 3.05. The molecular formula is C26H27F2N7O4S. The van der Waals surface area contributed by atoms with Gasteiger partial charge >= 0.3 is 6.61 Å². The van der Waals surface area contributed by atoms with Gasteiger partial charge in [-0.2, -0.15) is 19.0 Å². The lowest BCUT2D eigenvalue weighted by Crippen LogP contribution is -2.45. The van der Waals surface area contributed by atoms with E-state index in [1.54, 1.807) is 53.2 Å². The number of nitrogens with zero attached hydrogens (tertiary/aromatic N) is 5. The third-order valence-electron chi connectivity index (χ3n) is 6.75. The van der Waals surface area contributed by atoms with E-state index in [0.717, 1.165) is 4.90 Å². The third-order valence-corrected chi connectivity index (χ3v) is 7.88. The van der Waals surface area contributed by atoms with Crippen LogP contribution < -0.4 is 15.4 Å². The van der Waals surface area contributed by atoms with E-state index >= 15 is 0 Å². The molecule has 4 aromatic rings. The average molecular weight is 572 g/mol. The Morgan fingerprint density at radius 1 is 1.30 bits per heavy atom. The minimum absolute atomic E-state index is 0.0517. The molecule has 6 rings (SSSR count). The van der Waals surface area contributed by atoms with Crippen molar-refractivity contribution in [2.75, 3.05) is 25.1 Å². The summed E-state index contributed by atoms with van der Waals surface area (Å²) in [6, 6.07) is 6.90. The third kappa shape index (κ3) is 5.80. The molecule has 3 aromatic heterocycles. The Morgan fingerprint density at radius 2 is 2.15 bits per heavy atom. The highest BCUT2D eigenvalue weighted by molar-refractivity contribution is 8.00. The van der Waals surface area contributed by atoms with Crippen LogP contribution in [0.25, 0.3) is 16.9 Å². The summed E-state index contributed by atoms with van der Waals surface area (Å²) in [6.07, 6.45) is 7.46. The van der Waals surface area contributed by atoms with Crippen molar-refractivity contribution < 1.29 is 28.2 Å². The van der Waals surface area contributed by atoms with Crippen molar-refractivity contribution >= 4 is 29.0 Å². The zero-order valence-electron chi connectivity index (χ0n) is 21.2. The van der Waals surface area contributed by atoms with Gasteiger partial charge in [0.2, 0.25) is 0 Å². The fourth-order valence-corrected chi connectivity index (χ4v) is 5.63. The largest absolute Gasteiger partial charge is 0.434 e. The summed E-state index contributed by atoms with van der Waals surface area (Å²) in [5.41, 5.74) is 1.58. The number of benzene rings is 1. The van der Waals surface area contributed by atoms with Gasteiger partial charge in [-0.15, -0.1) is 11.8 Å². The number of nitrogens with one attached hydrogen (secondary N) is 2. The zero-order valence-corrected chi connectivity index (χ0v) is 22.1. The predicted molar refractivity (Wildman–Crippen MR) is 143 cm³/mol. The average Bonchev–Trinajstić information content (AvgIpc) is 3.50. The van der Waals surface area contributed by atoms with Crippen LogP contribution in [0.1, 0.15) is 23.2 Å². The maximum Gasteiger partial charge on any atom is 0.387 e. The minimum Gasteiger partial charge on any atom is -0.434 e. The Kier molecular flexibility index (Phi) is 7.65. The Labute approximate surface area is 231 Å². The van der Waals surface area contributed by atoms with Crippen molar-refractivity contribution in [2.45, 2.75) is 48.3 Å². The van der Waals surface area contributed by atoms with Gasteiger partial charge in [0.25, 0.3) is 5.91 Å². The van der Waals surface area contributed by atoms with Gasteiger partial charge in [-0.25, -0.2) is 9.50 Å². The first-order valence-electron chi connectivity index (χ1n) is 12.8. The van der Waals surface area contributed by atoms with Crippen molar-refractivity contribution in [1.29, 1.82) is 0 Å². The molecular weight excluding hydrogens is 544 g/mol. The first kappa shape index (κ1) is 26.6. The van der Waals surface area contributed by atoms with Crippen molar-refractivity contribution in [2.24, 2.45) is 0 Å². The van der Waals surface area contributed by atoms with E-state index in [1.807, 2.05) is 0 Å². The van der Waals surface area contributed by atoms with E-state index in [2.05, 4.69) is 25.8 Å². The second-order valence-electron chi connectivity index (χ2n) is 9.64. The molecule has 0 atom stereocenters. The maximum absolute atomic E-state index is 13.4. The molecule has 1 amide bonds. The number of rotatable bonds is 11. The molecule has 2 fully saturated rings. The van der Waals surface area contributed by atoms with Crippen LogP contribution in [0.2, 0.25) is 0 Å². The second kappa shape index (κ2) is 11.5. The molecule has 4 heterocycles. The van der Waals surface area contributed by atoms with Gasteiger partial charge in [0.1, 0.15) is 17.0 Å². The number of aliphatic hydroxyl groups excluding tert-OH is 1. The lowest BCUT2D eigenvalue weighted by atomic mass is 9.90. The first-order chi connectivity index (χ1) is 19.4. The Bertz CT molecular complexity index is 1500. The van der Waals surface area contributed by atoms with Crippen molar-refractivity contribution in [3.63, 3.8) is 0 Å². The number of alkyl halides is 2. The smallest absolute Gasteiger partial charge is 0.387 e. The standard InChI is InChI=1S/C26H27F2N7O4S/c27-26(28)39-22-3-2-17(40-18-13-38-14-18)10-19(22)23-21(12-34(33-23)7-5-29-15-8-16(36)9-15)32-25(37)20-11-31-35-6-1-4-30-24(20)35/h1-4,6,10-12,15-16,18,26,29,36H,5,7-9,13-14H2,(H,32,37)/t15-,16-. The Morgan fingerprint density at radius 3 is 2.90 bits per heavy atom. The van der Waals surface area contributed by atoms with Crippen LogP contribution in [0.4, 0.5) is 14.5 Å². The summed E-state index contributed by atoms with van der Waals surface area (Å²) >= 11 is 1.58. The van der Waals surface area contributed by atoms with Crippen molar-refractivity contribution in [1.82, 2.24) is 29.7 Å². The van der Waals surface area contributed by atoms with E-state index in [-0.39, 0.29) is 28.7 Å². The molecule has 0 spiro atoms. The van der Waals surface area contributed by atoms with Gasteiger partial charge in [-0.05, 0) is 37.1 Å². The van der Waals surface area contributed by atoms with Crippen LogP contribution in [0, 0.1) is 0 Å². The monoisotopic (exact) mass is 571 g/mol. The minimum atomic E-state index is -3.04. The van der Waals surface area contributed by atoms with Crippen LogP contribution in [0.3, 0.4) is 0 Å². The van der Waals surface area contributed by atoms with Crippen LogP contribution in [0.15, 0.2) is 53.9 Å². The summed E-state index contributed by atoms with van der Waals surface area (Å²) in [4.78, 5) is 18.4. The highest BCUT2D eigenvalue weighted by Crippen LogP contribution is 2.39. The number of carbonyl (C=O) groups is 1. The van der Waals surface area contributed by atoms with Crippen LogP contribution in [0.5, 0.6) is 5.75 Å². The van der Waals surface area contributed by atoms with Gasteiger partial charge in [0, 0.05) is 41.6 Å². The van der Waals surface area contributed by atoms with Gasteiger partial charge in [0.05, 0.1) is 43.0 Å². The number of carbonyl (C=O) groups excluding carboxylic acids is 1. The van der Waals surface area contributed by atoms with Gasteiger partial charge < -0.3 is 25.2 Å². The number of anilines is 1. The number of thioether (sulfide) groups is 1. The summed E-state index contributed by atoms with van der Waals surface area (Å²) in [7, 11) is 0. The summed E-state index contributed by atoms with van der Waals surface area (Å²) < 4.78 is 40.0. The number of amides is 1. The number of fused-ring (bicyclic) bond motifs is 1. The van der Waals surface area contributed by atoms with E-state index in [9.17, 15) is 18.7 Å². The Hall–Kier alpha value is -3.59. The SMILES string of the molecule is O=C(Nc1cn(CCN[C@H]2C[C@H](O)C2)nc1-c1cc(SC2COC2)ccc1OC(F)F)c1cnn2cccnc12. The Balaban J connectivity index is 1.32. The molecule has 3 N–H and O–H groups in total. The number of aliphatic hydroxyl groups is 1. The first-order valence-corrected chi connectivity index (χ1v) is 13.7. The van der Waals surface area contributed by atoms with Crippen molar-refractivity contribution in [3.05, 3.63) is 54.6 Å². The molecule has 0 radical (unpaired) electrons. The van der Waals surface area contributed by atoms with E-state index in [0.29, 0.717) is 61.7 Å². The molecule has 2 aliphatic rings. The van der Waals surface area contributed by atoms with Gasteiger partial charge in [-0.1, -0.05) is 0 Å². The fourth-order valence-electron chi connectivity index (χ4n) is 4.58. The summed E-state index contributed by atoms with van der Waals surface area (Å²) in [5.74, 6) is -0.520. The molecule has 1 saturated carbocycles. The van der Waals surface area contributed by atoms with E-state index in [1.165, 1.54) is 16.8 Å².